The van der Waals surface area contributed by atoms with Crippen LogP contribution in [0.2, 0.25) is 0 Å². The van der Waals surface area contributed by atoms with Gasteiger partial charge in [-0.05, 0) is 131 Å². The van der Waals surface area contributed by atoms with E-state index in [1.807, 2.05) is 28.2 Å². The van der Waals surface area contributed by atoms with Crippen molar-refractivity contribution in [1.82, 2.24) is 26.6 Å². The maximum atomic E-state index is 11.5. The smallest absolute Gasteiger partial charge is 0.219 e. The van der Waals surface area contributed by atoms with E-state index in [1.165, 1.54) is 154 Å². The summed E-state index contributed by atoms with van der Waals surface area (Å²) in [5, 5.41) is 24.0. The first kappa shape index (κ1) is 67.9. The van der Waals surface area contributed by atoms with Crippen LogP contribution in [0.1, 0.15) is 212 Å². The van der Waals surface area contributed by atoms with Crippen LogP contribution < -0.4 is 26.6 Å². The fraction of sp³-hybridized carbons (Fsp3) is 0.962. The number of unbranched alkanes of at least 4 members (excludes halogenated alkanes) is 19. The second-order valence-corrected chi connectivity index (χ2v) is 18.0. The number of hydrogen-bond donors (Lipinski definition) is 6. The molecule has 0 bridgehead atoms. The number of carbonyl (C=O) groups is 1. The molecule has 0 aromatic heterocycles. The zero-order valence-electron chi connectivity index (χ0n) is 44.6. The molecule has 6 N–H and O–H groups in total. The minimum Gasteiger partial charge on any atom is -0.479 e. The summed E-state index contributed by atoms with van der Waals surface area (Å²) in [6, 6.07) is 0. The Kier molecular flexibility index (Phi) is 63.3. The lowest BCUT2D eigenvalue weighted by Crippen LogP contribution is -2.42. The highest BCUT2D eigenvalue weighted by atomic mass is 16.5. The van der Waals surface area contributed by atoms with Gasteiger partial charge in [-0.25, -0.2) is 0 Å². The largest absolute Gasteiger partial charge is 0.479 e. The number of rotatable bonds is 40. The maximum absolute atomic E-state index is 11.5. The van der Waals surface area contributed by atoms with Gasteiger partial charge < -0.3 is 50.3 Å². The molecule has 1 fully saturated rings. The molecular weight excluding hydrogens is 817 g/mol. The number of nitrogens with one attached hydrogen (secondary N) is 6. The molecule has 1 heterocycles. The van der Waals surface area contributed by atoms with E-state index in [0.717, 1.165) is 104 Å². The molecule has 0 aromatic rings. The highest BCUT2D eigenvalue weighted by molar-refractivity contribution is 5.82. The van der Waals surface area contributed by atoms with E-state index in [2.05, 4.69) is 26.6 Å². The van der Waals surface area contributed by atoms with Crippen molar-refractivity contribution in [3.05, 3.63) is 0 Å². The highest BCUT2D eigenvalue weighted by Crippen LogP contribution is 2.29. The van der Waals surface area contributed by atoms with Crippen molar-refractivity contribution >= 4 is 11.8 Å². The SMILES string of the molecule is CNCCCCCCC1(OC)CCCCCCCCOC1=N.CNCCCCCCCCCCCOC.CNCCCCCCNC(=O)CCCCCOC.CNCCCCCCOC. The van der Waals surface area contributed by atoms with Crippen LogP contribution in [-0.2, 0) is 28.5 Å². The Bertz CT molecular complexity index is 887. The van der Waals surface area contributed by atoms with Crippen LogP contribution in [-0.4, -0.2) is 133 Å². The Morgan fingerprint density at radius 1 is 0.477 bits per heavy atom. The first-order valence-electron chi connectivity index (χ1n) is 27.0. The van der Waals surface area contributed by atoms with Crippen molar-refractivity contribution in [2.24, 2.45) is 0 Å². The van der Waals surface area contributed by atoms with Gasteiger partial charge in [-0.15, -0.1) is 0 Å². The second kappa shape index (κ2) is 60.6. The fourth-order valence-corrected chi connectivity index (χ4v) is 7.73. The molecule has 1 rings (SSSR count). The van der Waals surface area contributed by atoms with E-state index >= 15 is 0 Å². The standard InChI is InChI=1S/C18H36N2O2.C14H30N2O2.C13H29NO.C8H19NO/c1-20-15-11-7-6-10-14-18(21-2)13-9-5-3-4-8-12-16-22-17(18)19;1-15-11-7-3-4-8-12-16-14(17)10-6-5-9-13-18-2;1-14-12-10-8-6-4-3-5-7-9-11-13-15-2;1-9-7-5-3-4-6-8-10-2/h19-20H,3-16H2,1-2H3;15H,3-13H2,1-2H3,(H,16,17);14H,3-13H2,1-2H3;9H,3-8H2,1-2H3. The summed E-state index contributed by atoms with van der Waals surface area (Å²) < 4.78 is 26.5. The average Bonchev–Trinajstić information content (AvgIpc) is 3.35. The monoisotopic (exact) mass is 931 g/mol. The molecule has 1 amide bonds. The number of methoxy groups -OCH3 is 4. The predicted octanol–water partition coefficient (Wildman–Crippen LogP) is 11.1. The summed E-state index contributed by atoms with van der Waals surface area (Å²) in [6.45, 7) is 8.66. The van der Waals surface area contributed by atoms with Crippen LogP contribution in [0.15, 0.2) is 0 Å². The van der Waals surface area contributed by atoms with Gasteiger partial charge in [-0.3, -0.25) is 10.2 Å². The molecule has 0 aliphatic carbocycles. The van der Waals surface area contributed by atoms with E-state index in [-0.39, 0.29) is 5.91 Å². The van der Waals surface area contributed by atoms with Crippen LogP contribution in [0.4, 0.5) is 0 Å². The Morgan fingerprint density at radius 2 is 0.831 bits per heavy atom. The Hall–Kier alpha value is -1.38. The zero-order chi connectivity index (χ0) is 48.4. The van der Waals surface area contributed by atoms with Crippen LogP contribution in [0.25, 0.3) is 0 Å². The normalized spacial score (nSPS) is 15.3. The molecule has 12 heteroatoms. The lowest BCUT2D eigenvalue weighted by atomic mass is 9.89. The minimum atomic E-state index is -0.479. The summed E-state index contributed by atoms with van der Waals surface area (Å²) in [7, 11) is 15.0. The molecule has 12 nitrogen and oxygen atoms in total. The number of hydrogen-bond acceptors (Lipinski definition) is 11. The van der Waals surface area contributed by atoms with Gasteiger partial charge in [0, 0.05) is 61.2 Å². The number of carbonyl (C=O) groups excluding carboxylic acids is 1. The Balaban J connectivity index is -0.000000817. The van der Waals surface area contributed by atoms with Gasteiger partial charge in [0.05, 0.1) is 6.61 Å². The van der Waals surface area contributed by atoms with Crippen molar-refractivity contribution < 1.29 is 28.5 Å². The van der Waals surface area contributed by atoms with E-state index in [4.69, 9.17) is 29.1 Å². The van der Waals surface area contributed by atoms with Gasteiger partial charge in [-0.2, -0.15) is 0 Å². The summed E-state index contributed by atoms with van der Waals surface area (Å²) in [5.74, 6) is 0.565. The van der Waals surface area contributed by atoms with Gasteiger partial charge in [0.25, 0.3) is 0 Å². The quantitative estimate of drug-likeness (QED) is 0.0328. The topological polar surface area (TPSA) is 147 Å². The predicted molar refractivity (Wildman–Crippen MR) is 280 cm³/mol. The second-order valence-electron chi connectivity index (χ2n) is 18.0. The van der Waals surface area contributed by atoms with Crippen molar-refractivity contribution in [2.75, 3.05) is 116 Å². The van der Waals surface area contributed by atoms with Gasteiger partial charge in [0.2, 0.25) is 11.8 Å². The van der Waals surface area contributed by atoms with E-state index in [0.29, 0.717) is 18.9 Å². The third kappa shape index (κ3) is 55.1. The Morgan fingerprint density at radius 3 is 1.25 bits per heavy atom. The molecule has 0 radical (unpaired) electrons. The van der Waals surface area contributed by atoms with Gasteiger partial charge in [-0.1, -0.05) is 128 Å². The highest BCUT2D eigenvalue weighted by Gasteiger charge is 2.36. The molecule has 1 unspecified atom stereocenters. The van der Waals surface area contributed by atoms with Crippen LogP contribution >= 0.6 is 0 Å². The summed E-state index contributed by atoms with van der Waals surface area (Å²) in [6.07, 6.45) is 39.9. The van der Waals surface area contributed by atoms with Crippen LogP contribution in [0.5, 0.6) is 0 Å². The molecule has 1 aliphatic rings. The lowest BCUT2D eigenvalue weighted by Gasteiger charge is -2.32. The molecule has 0 spiro atoms. The zero-order valence-corrected chi connectivity index (χ0v) is 44.6. The molecule has 1 saturated heterocycles. The fourth-order valence-electron chi connectivity index (χ4n) is 7.73. The summed E-state index contributed by atoms with van der Waals surface area (Å²) in [5.41, 5.74) is -0.479. The Labute approximate surface area is 404 Å². The van der Waals surface area contributed by atoms with Crippen molar-refractivity contribution in [3.63, 3.8) is 0 Å². The molecule has 0 aromatic carbocycles. The van der Waals surface area contributed by atoms with E-state index < -0.39 is 5.60 Å². The molecule has 392 valence electrons. The molecule has 65 heavy (non-hydrogen) atoms. The molecular formula is C53H114N6O6. The van der Waals surface area contributed by atoms with E-state index in [9.17, 15) is 4.79 Å². The third-order valence-corrected chi connectivity index (χ3v) is 12.0. The molecule has 1 aliphatic heterocycles. The van der Waals surface area contributed by atoms with E-state index in [1.54, 1.807) is 28.4 Å². The minimum absolute atomic E-state index is 0.197. The van der Waals surface area contributed by atoms with Gasteiger partial charge >= 0.3 is 0 Å². The average molecular weight is 932 g/mol. The summed E-state index contributed by atoms with van der Waals surface area (Å²) >= 11 is 0. The number of amides is 1. The first-order chi connectivity index (χ1) is 31.9. The number of ether oxygens (including phenoxy) is 5. The van der Waals surface area contributed by atoms with Crippen LogP contribution in [0.3, 0.4) is 0 Å². The molecule has 1 atom stereocenters. The van der Waals surface area contributed by atoms with Gasteiger partial charge in [0.15, 0.2) is 0 Å². The third-order valence-electron chi connectivity index (χ3n) is 12.0. The lowest BCUT2D eigenvalue weighted by molar-refractivity contribution is -0.121. The first-order valence-corrected chi connectivity index (χ1v) is 27.0. The van der Waals surface area contributed by atoms with Crippen LogP contribution in [0, 0.1) is 5.41 Å². The van der Waals surface area contributed by atoms with Gasteiger partial charge in [0.1, 0.15) is 5.60 Å². The molecule has 0 saturated carbocycles. The maximum Gasteiger partial charge on any atom is 0.219 e. The summed E-state index contributed by atoms with van der Waals surface area (Å²) in [4.78, 5) is 11.5. The van der Waals surface area contributed by atoms with Crippen molar-refractivity contribution in [2.45, 2.75) is 217 Å². The van der Waals surface area contributed by atoms with Crippen molar-refractivity contribution in [1.29, 1.82) is 5.41 Å². The van der Waals surface area contributed by atoms with Crippen molar-refractivity contribution in [3.8, 4) is 0 Å².